The number of carbonyl (C=O) groups excluding carboxylic acids is 1. The van der Waals surface area contributed by atoms with Gasteiger partial charge in [-0.3, -0.25) is 15.0 Å². The molecule has 0 spiro atoms. The zero-order valence-corrected chi connectivity index (χ0v) is 18.3. The number of nitrogens with one attached hydrogen (secondary N) is 1. The number of carbonyl (C=O) groups is 1. The molecule has 4 fully saturated rings. The van der Waals surface area contributed by atoms with Crippen molar-refractivity contribution in [1.82, 2.24) is 9.66 Å². The number of hydrogen-bond acceptors (Lipinski definition) is 4. The minimum atomic E-state index is -0.344. The van der Waals surface area contributed by atoms with E-state index in [4.69, 9.17) is 0 Å². The van der Waals surface area contributed by atoms with Crippen molar-refractivity contribution in [2.45, 2.75) is 73.1 Å². The number of fused-ring (bicyclic) bond motifs is 1. The fourth-order valence-corrected chi connectivity index (χ4v) is 8.51. The SMILES string of the molecule is Cc1sc2nc(C)n(NC(=O)C34CC5C[C@@](C)(C3)C[C@@](C)(C5)C4)c(=O)c2c1C. The fraction of sp³-hybridized carbons (Fsp3) is 0.682. The highest BCUT2D eigenvalue weighted by Crippen LogP contribution is 2.69. The quantitative estimate of drug-likeness (QED) is 0.811. The maximum Gasteiger partial charge on any atom is 0.281 e. The van der Waals surface area contributed by atoms with Gasteiger partial charge < -0.3 is 0 Å². The van der Waals surface area contributed by atoms with Gasteiger partial charge in [0.1, 0.15) is 10.7 Å². The van der Waals surface area contributed by atoms with Gasteiger partial charge in [0.15, 0.2) is 0 Å². The Morgan fingerprint density at radius 2 is 1.75 bits per heavy atom. The monoisotopic (exact) mass is 399 g/mol. The number of aryl methyl sites for hydroxylation is 3. The second-order valence-electron chi connectivity index (χ2n) is 10.6. The molecule has 28 heavy (non-hydrogen) atoms. The third-order valence-corrected chi connectivity index (χ3v) is 8.79. The maximum atomic E-state index is 13.6. The molecule has 4 saturated carbocycles. The normalized spacial score (nSPS) is 36.2. The van der Waals surface area contributed by atoms with Crippen molar-refractivity contribution in [2.24, 2.45) is 22.2 Å². The highest BCUT2D eigenvalue weighted by Gasteiger charge is 2.62. The number of amides is 1. The van der Waals surface area contributed by atoms with Crippen LogP contribution in [0.15, 0.2) is 4.79 Å². The molecule has 0 saturated heterocycles. The minimum Gasteiger partial charge on any atom is -0.273 e. The van der Waals surface area contributed by atoms with Gasteiger partial charge in [0.2, 0.25) is 5.91 Å². The highest BCUT2D eigenvalue weighted by atomic mass is 32.1. The molecular weight excluding hydrogens is 370 g/mol. The number of rotatable bonds is 2. The molecule has 2 atom stereocenters. The molecule has 0 aliphatic heterocycles. The first-order valence-electron chi connectivity index (χ1n) is 10.3. The first kappa shape index (κ1) is 18.3. The fourth-order valence-electron chi connectivity index (χ4n) is 7.45. The van der Waals surface area contributed by atoms with Crippen LogP contribution >= 0.6 is 11.3 Å². The Hall–Kier alpha value is -1.69. The molecule has 2 heterocycles. The summed E-state index contributed by atoms with van der Waals surface area (Å²) >= 11 is 1.54. The van der Waals surface area contributed by atoms with Gasteiger partial charge >= 0.3 is 0 Å². The van der Waals surface area contributed by atoms with Gasteiger partial charge in [-0.15, -0.1) is 11.3 Å². The van der Waals surface area contributed by atoms with Crippen LogP contribution in [0.5, 0.6) is 0 Å². The average Bonchev–Trinajstić information content (AvgIpc) is 2.82. The van der Waals surface area contributed by atoms with E-state index in [9.17, 15) is 9.59 Å². The van der Waals surface area contributed by atoms with Gasteiger partial charge in [-0.05, 0) is 81.6 Å². The van der Waals surface area contributed by atoms with E-state index in [-0.39, 0.29) is 27.7 Å². The van der Waals surface area contributed by atoms with Crippen molar-refractivity contribution in [2.75, 3.05) is 5.43 Å². The summed E-state index contributed by atoms with van der Waals surface area (Å²) in [7, 11) is 0. The lowest BCUT2D eigenvalue weighted by Crippen LogP contribution is -2.59. The maximum absolute atomic E-state index is 13.6. The molecule has 150 valence electrons. The molecule has 5 nitrogen and oxygen atoms in total. The van der Waals surface area contributed by atoms with Crippen molar-refractivity contribution >= 4 is 27.5 Å². The van der Waals surface area contributed by atoms with Gasteiger partial charge in [0, 0.05) is 4.88 Å². The second-order valence-corrected chi connectivity index (χ2v) is 11.8. The average molecular weight is 400 g/mol. The van der Waals surface area contributed by atoms with E-state index in [0.29, 0.717) is 17.1 Å². The number of aromatic nitrogens is 2. The first-order chi connectivity index (χ1) is 13.0. The number of thiophene rings is 1. The van der Waals surface area contributed by atoms with Crippen LogP contribution in [0.25, 0.3) is 10.2 Å². The van der Waals surface area contributed by atoms with Gasteiger partial charge in [-0.1, -0.05) is 13.8 Å². The Morgan fingerprint density at radius 1 is 1.11 bits per heavy atom. The van der Waals surface area contributed by atoms with E-state index in [1.165, 1.54) is 23.9 Å². The summed E-state index contributed by atoms with van der Waals surface area (Å²) < 4.78 is 1.40. The van der Waals surface area contributed by atoms with Gasteiger partial charge in [0.25, 0.3) is 5.56 Å². The van der Waals surface area contributed by atoms with E-state index in [2.05, 4.69) is 24.3 Å². The summed E-state index contributed by atoms with van der Waals surface area (Å²) in [4.78, 5) is 33.2. The van der Waals surface area contributed by atoms with Crippen molar-refractivity contribution in [1.29, 1.82) is 0 Å². The van der Waals surface area contributed by atoms with Gasteiger partial charge in [-0.2, -0.15) is 0 Å². The topological polar surface area (TPSA) is 64.0 Å². The predicted octanol–water partition coefficient (Wildman–Crippen LogP) is 4.45. The zero-order valence-electron chi connectivity index (χ0n) is 17.4. The number of hydrogen-bond donors (Lipinski definition) is 1. The zero-order chi connectivity index (χ0) is 20.1. The lowest BCUT2D eigenvalue weighted by molar-refractivity contribution is -0.166. The number of nitrogens with zero attached hydrogens (tertiary/aromatic N) is 2. The molecule has 2 aromatic rings. The smallest absolute Gasteiger partial charge is 0.273 e. The van der Waals surface area contributed by atoms with Crippen LogP contribution in [0, 0.1) is 42.9 Å². The molecule has 0 aromatic carbocycles. The van der Waals surface area contributed by atoms with E-state index < -0.39 is 0 Å². The molecule has 6 heteroatoms. The second kappa shape index (κ2) is 5.47. The van der Waals surface area contributed by atoms with Crippen LogP contribution in [0.2, 0.25) is 0 Å². The summed E-state index contributed by atoms with van der Waals surface area (Å²) in [6, 6.07) is 0. The van der Waals surface area contributed by atoms with Crippen molar-refractivity contribution < 1.29 is 4.79 Å². The standard InChI is InChI=1S/C22H29N3O2S/c1-12-13(2)28-17-16(12)18(26)25(14(3)23-17)24-19(27)22-8-15-6-20(4,10-22)9-21(5,7-15)11-22/h15H,6-11H2,1-5H3,(H,24,27)/t15?,20-,21-,22?/m1/s1. The molecule has 6 rings (SSSR count). The van der Waals surface area contributed by atoms with E-state index in [1.54, 1.807) is 18.3 Å². The van der Waals surface area contributed by atoms with Gasteiger partial charge in [-0.25, -0.2) is 9.66 Å². The molecule has 0 unspecified atom stereocenters. The van der Waals surface area contributed by atoms with Crippen LogP contribution in [0.3, 0.4) is 0 Å². The van der Waals surface area contributed by atoms with Crippen LogP contribution in [-0.4, -0.2) is 15.6 Å². The Labute approximate surface area is 169 Å². The van der Waals surface area contributed by atoms with E-state index >= 15 is 0 Å². The van der Waals surface area contributed by atoms with Crippen LogP contribution in [0.1, 0.15) is 68.6 Å². The molecule has 1 N–H and O–H groups in total. The molecule has 4 aliphatic carbocycles. The third-order valence-electron chi connectivity index (χ3n) is 7.69. The molecule has 4 aliphatic rings. The molecular formula is C22H29N3O2S. The van der Waals surface area contributed by atoms with Crippen LogP contribution in [-0.2, 0) is 4.79 Å². The predicted molar refractivity (Wildman–Crippen MR) is 112 cm³/mol. The first-order valence-corrected chi connectivity index (χ1v) is 11.2. The Kier molecular flexibility index (Phi) is 3.58. The minimum absolute atomic E-state index is 0.0185. The summed E-state index contributed by atoms with van der Waals surface area (Å²) in [6.45, 7) is 10.5. The van der Waals surface area contributed by atoms with Crippen molar-refractivity contribution in [3.05, 3.63) is 26.6 Å². The summed E-state index contributed by atoms with van der Waals surface area (Å²) in [5.74, 6) is 1.21. The molecule has 1 amide bonds. The molecule has 2 aromatic heterocycles. The highest BCUT2D eigenvalue weighted by molar-refractivity contribution is 7.18. The Balaban J connectivity index is 1.55. The lowest BCUT2D eigenvalue weighted by atomic mass is 9.40. The Bertz CT molecular complexity index is 1060. The largest absolute Gasteiger partial charge is 0.281 e. The van der Waals surface area contributed by atoms with Crippen LogP contribution < -0.4 is 11.0 Å². The molecule has 4 bridgehead atoms. The van der Waals surface area contributed by atoms with E-state index in [0.717, 1.165) is 34.5 Å². The Morgan fingerprint density at radius 3 is 2.36 bits per heavy atom. The third kappa shape index (κ3) is 2.46. The van der Waals surface area contributed by atoms with Crippen LogP contribution in [0.4, 0.5) is 0 Å². The van der Waals surface area contributed by atoms with Crippen molar-refractivity contribution in [3.8, 4) is 0 Å². The van der Waals surface area contributed by atoms with Gasteiger partial charge in [0.05, 0.1) is 10.8 Å². The molecule has 0 radical (unpaired) electrons. The van der Waals surface area contributed by atoms with Crippen molar-refractivity contribution in [3.63, 3.8) is 0 Å². The summed E-state index contributed by atoms with van der Waals surface area (Å²) in [5, 5.41) is 0.637. The lowest BCUT2D eigenvalue weighted by Gasteiger charge is -2.64. The summed E-state index contributed by atoms with van der Waals surface area (Å²) in [6.07, 6.45) is 6.57. The summed E-state index contributed by atoms with van der Waals surface area (Å²) in [5.41, 5.74) is 3.99. The van der Waals surface area contributed by atoms with E-state index in [1.807, 2.05) is 13.8 Å².